The van der Waals surface area contributed by atoms with E-state index >= 15 is 0 Å². The fourth-order valence-corrected chi connectivity index (χ4v) is 2.28. The molecule has 0 saturated carbocycles. The first kappa shape index (κ1) is 12.7. The van der Waals surface area contributed by atoms with E-state index in [-0.39, 0.29) is 24.3 Å². The summed E-state index contributed by atoms with van der Waals surface area (Å²) in [5, 5.41) is 9.24. The first-order valence-electron chi connectivity index (χ1n) is 5.38. The van der Waals surface area contributed by atoms with Gasteiger partial charge in [0.1, 0.15) is 11.2 Å². The molecular formula is C12H11F3O3. The van der Waals surface area contributed by atoms with E-state index in [4.69, 9.17) is 4.74 Å². The van der Waals surface area contributed by atoms with Crippen molar-refractivity contribution in [2.24, 2.45) is 0 Å². The molecule has 6 heteroatoms. The number of benzene rings is 1. The van der Waals surface area contributed by atoms with Crippen molar-refractivity contribution < 1.29 is 27.8 Å². The van der Waals surface area contributed by atoms with Crippen LogP contribution in [-0.4, -0.2) is 23.9 Å². The monoisotopic (exact) mass is 260 g/mol. The Labute approximate surface area is 101 Å². The molecule has 0 bridgehead atoms. The zero-order valence-electron chi connectivity index (χ0n) is 9.33. The first-order chi connectivity index (χ1) is 8.35. The molecule has 0 spiro atoms. The molecule has 1 unspecified atom stereocenters. The molecule has 0 amide bonds. The molecule has 98 valence electrons. The van der Waals surface area contributed by atoms with Gasteiger partial charge in [0.05, 0.1) is 13.0 Å². The van der Waals surface area contributed by atoms with Gasteiger partial charge in [-0.2, -0.15) is 13.2 Å². The van der Waals surface area contributed by atoms with Crippen molar-refractivity contribution in [3.8, 4) is 5.75 Å². The summed E-state index contributed by atoms with van der Waals surface area (Å²) in [4.78, 5) is 11.4. The Morgan fingerprint density at radius 3 is 2.67 bits per heavy atom. The number of halogens is 3. The minimum Gasteiger partial charge on any atom is -0.493 e. The Kier molecular flexibility index (Phi) is 2.96. The van der Waals surface area contributed by atoms with Crippen LogP contribution in [0.15, 0.2) is 24.3 Å². The third kappa shape index (κ3) is 2.14. The average Bonchev–Trinajstić information content (AvgIpc) is 2.27. The van der Waals surface area contributed by atoms with Gasteiger partial charge in [0.2, 0.25) is 0 Å². The van der Waals surface area contributed by atoms with E-state index in [9.17, 15) is 23.1 Å². The maximum atomic E-state index is 12.6. The lowest BCUT2D eigenvalue weighted by atomic mass is 9.73. The van der Waals surface area contributed by atoms with Crippen LogP contribution in [0.1, 0.15) is 18.4 Å². The van der Waals surface area contributed by atoms with E-state index in [2.05, 4.69) is 0 Å². The highest BCUT2D eigenvalue weighted by Gasteiger charge is 2.51. The number of hydrogen-bond acceptors (Lipinski definition) is 2. The molecule has 2 rings (SSSR count). The lowest BCUT2D eigenvalue weighted by molar-refractivity contribution is -0.170. The Morgan fingerprint density at radius 1 is 1.39 bits per heavy atom. The Balaban J connectivity index is 2.53. The van der Waals surface area contributed by atoms with Gasteiger partial charge in [-0.3, -0.25) is 4.79 Å². The van der Waals surface area contributed by atoms with E-state index in [1.165, 1.54) is 18.2 Å². The quantitative estimate of drug-likeness (QED) is 0.889. The molecule has 1 N–H and O–H groups in total. The van der Waals surface area contributed by atoms with Crippen molar-refractivity contribution in [3.05, 3.63) is 29.8 Å². The van der Waals surface area contributed by atoms with E-state index < -0.39 is 24.0 Å². The summed E-state index contributed by atoms with van der Waals surface area (Å²) in [6, 6.07) is 5.99. The number of alkyl halides is 3. The smallest absolute Gasteiger partial charge is 0.390 e. The standard InChI is InChI=1S/C12H11F3O3/c13-12(14,15)7-11(10(16)17)5-6-18-9-4-2-1-3-8(9)11/h1-4H,5-7H2,(H,16,17). The predicted molar refractivity (Wildman–Crippen MR) is 56.5 cm³/mol. The SMILES string of the molecule is O=C(O)C1(CC(F)(F)F)CCOc2ccccc21. The van der Waals surface area contributed by atoms with Crippen LogP contribution in [0, 0.1) is 0 Å². The molecule has 1 atom stereocenters. The van der Waals surface area contributed by atoms with E-state index in [1.54, 1.807) is 6.07 Å². The van der Waals surface area contributed by atoms with Gasteiger partial charge >= 0.3 is 12.1 Å². The zero-order chi connectivity index (χ0) is 13.4. The fraction of sp³-hybridized carbons (Fsp3) is 0.417. The Morgan fingerprint density at radius 2 is 2.06 bits per heavy atom. The van der Waals surface area contributed by atoms with Crippen molar-refractivity contribution in [1.82, 2.24) is 0 Å². The number of aliphatic carboxylic acids is 1. The van der Waals surface area contributed by atoms with Crippen LogP contribution in [0.3, 0.4) is 0 Å². The number of ether oxygens (including phenoxy) is 1. The highest BCUT2D eigenvalue weighted by molar-refractivity contribution is 5.83. The first-order valence-corrected chi connectivity index (χ1v) is 5.38. The van der Waals surface area contributed by atoms with Crippen molar-refractivity contribution >= 4 is 5.97 Å². The van der Waals surface area contributed by atoms with Crippen LogP contribution in [0.25, 0.3) is 0 Å². The van der Waals surface area contributed by atoms with E-state index in [0.717, 1.165) is 0 Å². The molecule has 1 heterocycles. The Hall–Kier alpha value is -1.72. The largest absolute Gasteiger partial charge is 0.493 e. The maximum Gasteiger partial charge on any atom is 0.390 e. The molecule has 0 saturated heterocycles. The van der Waals surface area contributed by atoms with Crippen LogP contribution in [0.2, 0.25) is 0 Å². The third-order valence-electron chi connectivity index (χ3n) is 3.10. The topological polar surface area (TPSA) is 46.5 Å². The summed E-state index contributed by atoms with van der Waals surface area (Å²) in [5.41, 5.74) is -1.84. The number of fused-ring (bicyclic) bond motifs is 1. The third-order valence-corrected chi connectivity index (χ3v) is 3.10. The number of carboxylic acid groups (broad SMARTS) is 1. The maximum absolute atomic E-state index is 12.6. The minimum absolute atomic E-state index is 0.0284. The van der Waals surface area contributed by atoms with Crippen molar-refractivity contribution in [1.29, 1.82) is 0 Å². The van der Waals surface area contributed by atoms with Gasteiger partial charge in [-0.25, -0.2) is 0 Å². The number of carbonyl (C=O) groups is 1. The van der Waals surface area contributed by atoms with Crippen molar-refractivity contribution in [3.63, 3.8) is 0 Å². The van der Waals surface area contributed by atoms with Crippen LogP contribution < -0.4 is 4.74 Å². The summed E-state index contributed by atoms with van der Waals surface area (Å²) in [6.45, 7) is -0.0284. The van der Waals surface area contributed by atoms with Crippen LogP contribution in [-0.2, 0) is 10.2 Å². The Bertz CT molecular complexity index is 470. The fourth-order valence-electron chi connectivity index (χ4n) is 2.28. The highest BCUT2D eigenvalue weighted by atomic mass is 19.4. The van der Waals surface area contributed by atoms with Gasteiger partial charge < -0.3 is 9.84 Å². The molecule has 3 nitrogen and oxygen atoms in total. The van der Waals surface area contributed by atoms with Crippen molar-refractivity contribution in [2.45, 2.75) is 24.4 Å². The van der Waals surface area contributed by atoms with Gasteiger partial charge in [0.15, 0.2) is 0 Å². The molecule has 1 aromatic carbocycles. The molecule has 18 heavy (non-hydrogen) atoms. The number of rotatable bonds is 2. The number of hydrogen-bond donors (Lipinski definition) is 1. The molecular weight excluding hydrogens is 249 g/mol. The van der Waals surface area contributed by atoms with Gasteiger partial charge in [0.25, 0.3) is 0 Å². The van der Waals surface area contributed by atoms with Crippen LogP contribution in [0.4, 0.5) is 13.2 Å². The van der Waals surface area contributed by atoms with E-state index in [0.29, 0.717) is 0 Å². The van der Waals surface area contributed by atoms with Crippen LogP contribution >= 0.6 is 0 Å². The van der Waals surface area contributed by atoms with Gasteiger partial charge in [-0.05, 0) is 6.07 Å². The molecule has 1 aliphatic rings. The summed E-state index contributed by atoms with van der Waals surface area (Å²) < 4.78 is 43.1. The second-order valence-electron chi connectivity index (χ2n) is 4.27. The normalized spacial score (nSPS) is 23.1. The summed E-state index contributed by atoms with van der Waals surface area (Å²) in [5.74, 6) is -1.24. The highest BCUT2D eigenvalue weighted by Crippen LogP contribution is 2.45. The minimum atomic E-state index is -4.54. The summed E-state index contributed by atoms with van der Waals surface area (Å²) >= 11 is 0. The van der Waals surface area contributed by atoms with Gasteiger partial charge in [-0.1, -0.05) is 18.2 Å². The lowest BCUT2D eigenvalue weighted by Crippen LogP contribution is -2.44. The second kappa shape index (κ2) is 4.19. The molecule has 0 aliphatic carbocycles. The zero-order valence-corrected chi connectivity index (χ0v) is 9.33. The number of para-hydroxylation sites is 1. The van der Waals surface area contributed by atoms with Crippen LogP contribution in [0.5, 0.6) is 5.75 Å². The summed E-state index contributed by atoms with van der Waals surface area (Å²) in [6.07, 6.45) is -6.10. The van der Waals surface area contributed by atoms with E-state index in [1.807, 2.05) is 0 Å². The summed E-state index contributed by atoms with van der Waals surface area (Å²) in [7, 11) is 0. The predicted octanol–water partition coefficient (Wildman–Crippen LogP) is 2.74. The average molecular weight is 260 g/mol. The molecule has 1 aliphatic heterocycles. The molecule has 0 aromatic heterocycles. The molecule has 0 fully saturated rings. The molecule has 0 radical (unpaired) electrons. The van der Waals surface area contributed by atoms with Gasteiger partial charge in [-0.15, -0.1) is 0 Å². The van der Waals surface area contributed by atoms with Gasteiger partial charge in [0, 0.05) is 12.0 Å². The molecule has 1 aromatic rings. The number of carboxylic acids is 1. The second-order valence-corrected chi connectivity index (χ2v) is 4.27. The lowest BCUT2D eigenvalue weighted by Gasteiger charge is -2.35. The van der Waals surface area contributed by atoms with Crippen molar-refractivity contribution in [2.75, 3.05) is 6.61 Å².